The number of unbranched alkanes of at least 4 members (excludes halogenated alkanes) is 7. The van der Waals surface area contributed by atoms with Gasteiger partial charge in [-0.15, -0.1) is 0 Å². The third-order valence-corrected chi connectivity index (χ3v) is 11.3. The fourth-order valence-electron chi connectivity index (χ4n) is 7.27. The fourth-order valence-corrected chi connectivity index (χ4v) is 7.27. The predicted octanol–water partition coefficient (Wildman–Crippen LogP) is -4.03. The largest absolute Gasteiger partial charge is 0.389 e. The van der Waals surface area contributed by atoms with Gasteiger partial charge in [0.15, 0.2) is 5.96 Å². The summed E-state index contributed by atoms with van der Waals surface area (Å²) < 4.78 is 0. The Morgan fingerprint density at radius 3 is 1.83 bits per heavy atom. The van der Waals surface area contributed by atoms with E-state index in [1.165, 1.54) is 25.8 Å². The Morgan fingerprint density at radius 2 is 1.27 bits per heavy atom. The van der Waals surface area contributed by atoms with Crippen LogP contribution >= 0.6 is 0 Å². The fraction of sp³-hybridized carbons (Fsp3) is 0.717. The second-order valence-corrected chi connectivity index (χ2v) is 17.9. The van der Waals surface area contributed by atoms with E-state index in [1.54, 1.807) is 13.8 Å². The number of guanidine groups is 1. The first-order valence-electron chi connectivity index (χ1n) is 24.7. The van der Waals surface area contributed by atoms with Gasteiger partial charge in [-0.25, -0.2) is 0 Å². The maximum absolute atomic E-state index is 14.0. The number of carbonyl (C=O) groups excluding carboxylic acids is 8. The Morgan fingerprint density at radius 1 is 0.718 bits per heavy atom. The highest BCUT2D eigenvalue weighted by Crippen LogP contribution is 2.11. The Labute approximate surface area is 416 Å². The van der Waals surface area contributed by atoms with Crippen molar-refractivity contribution >= 4 is 53.2 Å². The lowest BCUT2D eigenvalue weighted by Gasteiger charge is -2.30. The summed E-state index contributed by atoms with van der Waals surface area (Å²) in [6, 6.07) is -9.81. The summed E-state index contributed by atoms with van der Waals surface area (Å²) in [6.07, 6.45) is 8.13. The number of nitrogens with two attached hydrogens (primary N) is 5. The normalized spacial score (nSPS) is 24.2. The smallest absolute Gasteiger partial charge is 0.268 e. The van der Waals surface area contributed by atoms with Gasteiger partial charge >= 0.3 is 0 Å². The molecule has 0 aromatic rings. The molecule has 0 bridgehead atoms. The van der Waals surface area contributed by atoms with Crippen LogP contribution < -0.4 is 71.2 Å². The van der Waals surface area contributed by atoms with E-state index in [9.17, 15) is 53.7 Å². The number of β-amino-alcohol motifs (C(OH)–C–C–N with tert-alkyl or cyclic N) is 1. The molecule has 1 aliphatic heterocycles. The molecule has 21 N–H and O–H groups in total. The molecule has 1 fully saturated rings. The number of hydrogen-bond donors (Lipinski definition) is 16. The number of aliphatic imine (C=N–C) groups is 1. The number of amides is 8. The van der Waals surface area contributed by atoms with Crippen molar-refractivity contribution < 1.29 is 53.7 Å². The topological polar surface area (TPSA) is 436 Å². The van der Waals surface area contributed by atoms with Crippen molar-refractivity contribution in [1.29, 1.82) is 0 Å². The zero-order valence-electron chi connectivity index (χ0n) is 41.9. The molecule has 25 nitrogen and oxygen atoms in total. The molecular weight excluding hydrogens is 925 g/mol. The minimum absolute atomic E-state index is 0.00575. The zero-order chi connectivity index (χ0) is 53.5. The molecule has 0 saturated carbocycles. The summed E-state index contributed by atoms with van der Waals surface area (Å²) in [5.74, 6) is -8.32. The van der Waals surface area contributed by atoms with E-state index in [-0.39, 0.29) is 57.1 Å². The molecule has 0 aliphatic carbocycles. The first kappa shape index (κ1) is 63.3. The quantitative estimate of drug-likeness (QED) is 0.0144. The molecule has 9 unspecified atom stereocenters. The van der Waals surface area contributed by atoms with E-state index in [0.717, 1.165) is 32.1 Å². The molecule has 71 heavy (non-hydrogen) atoms. The Bertz CT molecular complexity index is 1800. The molecule has 1 heterocycles. The summed E-state index contributed by atoms with van der Waals surface area (Å²) in [4.78, 5) is 114. The molecule has 1 rings (SSSR count). The highest BCUT2D eigenvalue weighted by atomic mass is 16.3. The maximum atomic E-state index is 14.0. The first-order valence-corrected chi connectivity index (χ1v) is 24.7. The van der Waals surface area contributed by atoms with Crippen LogP contribution in [-0.4, -0.2) is 156 Å². The lowest BCUT2D eigenvalue weighted by molar-refractivity contribution is -0.138. The van der Waals surface area contributed by atoms with Crippen LogP contribution in [-0.2, 0) is 38.4 Å². The van der Waals surface area contributed by atoms with Crippen molar-refractivity contribution in [2.24, 2.45) is 39.6 Å². The van der Waals surface area contributed by atoms with Gasteiger partial charge in [-0.1, -0.05) is 64.7 Å². The van der Waals surface area contributed by atoms with Gasteiger partial charge in [0, 0.05) is 32.6 Å². The highest BCUT2D eigenvalue weighted by molar-refractivity contribution is 6.02. The van der Waals surface area contributed by atoms with Crippen LogP contribution in [0.1, 0.15) is 118 Å². The average molecular weight is 1010 g/mol. The molecule has 1 aliphatic rings. The minimum atomic E-state index is -1.91. The van der Waals surface area contributed by atoms with Crippen molar-refractivity contribution in [2.45, 2.75) is 172 Å². The van der Waals surface area contributed by atoms with Crippen LogP contribution in [0.2, 0.25) is 0 Å². The molecule has 0 aromatic carbocycles. The lowest BCUT2D eigenvalue weighted by atomic mass is 10.0. The van der Waals surface area contributed by atoms with E-state index in [1.807, 2.05) is 0 Å². The number of rotatable bonds is 24. The van der Waals surface area contributed by atoms with E-state index in [4.69, 9.17) is 28.7 Å². The Hall–Kier alpha value is -5.73. The van der Waals surface area contributed by atoms with Crippen molar-refractivity contribution in [3.8, 4) is 0 Å². The standard InChI is InChI=1S/C46H84N14O11/c1-5-7-8-9-10-11-12-13-14-15-16-19-35(64)58-38-34(63)26-53-43(69)36(32(61)24-48)60-45(71)37(33(62)25-49)59-41(67)29(18-17-22-52-46(50)51)55-42(68)31(23-27(3)4)57-40(66)30(20-21-47)56-39(65)28(6-2)54-44(38)70/h6,11-12,27,29-34,36-38,61-63H,5,7-10,13-26,47-49H2,1-4H3,(H,53,69)(H,54,70)(H,55,68)(H,56,65)(H,57,66)(H,58,64)(H,59,67)(H,60,71)(H4,50,51,52)/b12-11+,28-6-. The first-order chi connectivity index (χ1) is 33.7. The van der Waals surface area contributed by atoms with Crippen LogP contribution in [0, 0.1) is 5.92 Å². The maximum Gasteiger partial charge on any atom is 0.268 e. The van der Waals surface area contributed by atoms with E-state index >= 15 is 0 Å². The van der Waals surface area contributed by atoms with Gasteiger partial charge in [0.05, 0.1) is 12.2 Å². The van der Waals surface area contributed by atoms with Crippen LogP contribution in [0.4, 0.5) is 0 Å². The molecule has 0 radical (unpaired) electrons. The lowest BCUT2D eigenvalue weighted by Crippen LogP contribution is -2.64. The highest BCUT2D eigenvalue weighted by Gasteiger charge is 2.38. The van der Waals surface area contributed by atoms with Crippen LogP contribution in [0.25, 0.3) is 0 Å². The Kier molecular flexibility index (Phi) is 31.5. The summed E-state index contributed by atoms with van der Waals surface area (Å²) in [5, 5.41) is 52.6. The molecule has 404 valence electrons. The third kappa shape index (κ3) is 24.8. The molecule has 9 atom stereocenters. The molecule has 0 spiro atoms. The second kappa shape index (κ2) is 35.4. The monoisotopic (exact) mass is 1010 g/mol. The number of hydrogen-bond acceptors (Lipinski definition) is 15. The Balaban J connectivity index is 3.73. The van der Waals surface area contributed by atoms with Crippen LogP contribution in [0.5, 0.6) is 0 Å². The number of allylic oxidation sites excluding steroid dienone is 3. The van der Waals surface area contributed by atoms with Crippen molar-refractivity contribution in [2.75, 3.05) is 32.7 Å². The third-order valence-electron chi connectivity index (χ3n) is 11.3. The molecule has 1 saturated heterocycles. The number of carbonyl (C=O) groups is 8. The number of nitrogens with one attached hydrogen (secondary N) is 8. The van der Waals surface area contributed by atoms with Gasteiger partial charge < -0.3 is 86.5 Å². The van der Waals surface area contributed by atoms with E-state index < -0.39 is 127 Å². The second-order valence-electron chi connectivity index (χ2n) is 17.9. The van der Waals surface area contributed by atoms with Crippen molar-refractivity contribution in [3.05, 3.63) is 23.9 Å². The van der Waals surface area contributed by atoms with Gasteiger partial charge in [0.2, 0.25) is 41.4 Å². The zero-order valence-corrected chi connectivity index (χ0v) is 41.9. The summed E-state index contributed by atoms with van der Waals surface area (Å²) >= 11 is 0. The summed E-state index contributed by atoms with van der Waals surface area (Å²) in [5.41, 5.74) is 27.7. The number of nitrogens with zero attached hydrogens (tertiary/aromatic N) is 1. The SMILES string of the molecule is C/C=C1\NC(=O)C(NC(=O)CCCCC/C=C/CCCCCC)C(O)CNC(=O)C(C(O)CN)NC(=O)C(C(O)CN)NC(=O)C(CCCN=C(N)N)NC(=O)C(CC(C)C)NC(=O)C(CCN)NC1=O. The van der Waals surface area contributed by atoms with Crippen LogP contribution in [0.15, 0.2) is 28.9 Å². The molecule has 8 amide bonds. The van der Waals surface area contributed by atoms with E-state index in [0.29, 0.717) is 12.8 Å². The molecule has 0 aromatic heterocycles. The van der Waals surface area contributed by atoms with Crippen LogP contribution in [0.3, 0.4) is 0 Å². The summed E-state index contributed by atoms with van der Waals surface area (Å²) in [7, 11) is 0. The molecular formula is C46H84N14O11. The van der Waals surface area contributed by atoms with Gasteiger partial charge in [0.1, 0.15) is 48.1 Å². The van der Waals surface area contributed by atoms with E-state index in [2.05, 4.69) is 66.6 Å². The van der Waals surface area contributed by atoms with Crippen molar-refractivity contribution in [3.63, 3.8) is 0 Å². The number of aliphatic hydroxyl groups is 3. The minimum Gasteiger partial charge on any atom is -0.389 e. The van der Waals surface area contributed by atoms with Gasteiger partial charge in [0.25, 0.3) is 5.91 Å². The molecule has 25 heteroatoms. The summed E-state index contributed by atoms with van der Waals surface area (Å²) in [6.45, 7) is 4.97. The van der Waals surface area contributed by atoms with Crippen molar-refractivity contribution in [1.82, 2.24) is 42.5 Å². The van der Waals surface area contributed by atoms with Gasteiger partial charge in [-0.05, 0) is 77.2 Å². The van der Waals surface area contributed by atoms with Gasteiger partial charge in [-0.3, -0.25) is 43.3 Å². The predicted molar refractivity (Wildman–Crippen MR) is 267 cm³/mol. The number of aliphatic hydroxyl groups excluding tert-OH is 3. The average Bonchev–Trinajstić information content (AvgIpc) is 3.33. The van der Waals surface area contributed by atoms with Gasteiger partial charge in [-0.2, -0.15) is 0 Å².